The number of hydrogen-bond acceptors (Lipinski definition) is 4. The maximum atomic E-state index is 12.7. The molecule has 0 aliphatic carbocycles. The second-order valence-corrected chi connectivity index (χ2v) is 5.53. The van der Waals surface area contributed by atoms with Crippen LogP contribution in [0.1, 0.15) is 16.2 Å². The molecule has 5 nitrogen and oxygen atoms in total. The SMILES string of the molecule is Cn1cnc(CNc2c(C(=O)C(F)(F)F)ccc(Br)c2Cl)n1. The predicted octanol–water partition coefficient (Wildman–Crippen LogP) is 3.59. The Morgan fingerprint density at radius 2 is 2.14 bits per heavy atom. The highest BCUT2D eigenvalue weighted by atomic mass is 79.9. The average molecular weight is 398 g/mol. The Morgan fingerprint density at radius 1 is 1.45 bits per heavy atom. The van der Waals surface area contributed by atoms with Gasteiger partial charge in [0.1, 0.15) is 6.33 Å². The number of anilines is 1. The Kier molecular flexibility index (Phi) is 4.76. The van der Waals surface area contributed by atoms with Gasteiger partial charge < -0.3 is 5.32 Å². The number of halogens is 5. The molecule has 0 amide bonds. The molecule has 22 heavy (non-hydrogen) atoms. The molecule has 0 saturated carbocycles. The molecule has 2 rings (SSSR count). The third kappa shape index (κ3) is 3.58. The predicted molar refractivity (Wildman–Crippen MR) is 77.9 cm³/mol. The summed E-state index contributed by atoms with van der Waals surface area (Å²) in [7, 11) is 1.65. The van der Waals surface area contributed by atoms with E-state index in [-0.39, 0.29) is 17.3 Å². The third-order valence-electron chi connectivity index (χ3n) is 2.67. The molecule has 2 aromatic rings. The van der Waals surface area contributed by atoms with Crippen molar-refractivity contribution < 1.29 is 18.0 Å². The first-order valence-electron chi connectivity index (χ1n) is 5.88. The molecule has 1 N–H and O–H groups in total. The van der Waals surface area contributed by atoms with Crippen LogP contribution in [-0.2, 0) is 13.6 Å². The number of hydrogen-bond donors (Lipinski definition) is 1. The van der Waals surface area contributed by atoms with Crippen LogP contribution in [0.15, 0.2) is 22.9 Å². The second-order valence-electron chi connectivity index (χ2n) is 4.30. The van der Waals surface area contributed by atoms with Crippen LogP contribution in [-0.4, -0.2) is 26.7 Å². The first kappa shape index (κ1) is 16.8. The van der Waals surface area contributed by atoms with Crippen LogP contribution < -0.4 is 5.32 Å². The lowest BCUT2D eigenvalue weighted by molar-refractivity contribution is -0.0884. The number of rotatable bonds is 4. The molecule has 0 unspecified atom stereocenters. The number of aromatic nitrogens is 3. The molecule has 0 fully saturated rings. The molecule has 0 aliphatic rings. The molecule has 1 aromatic heterocycles. The Bertz CT molecular complexity index is 717. The van der Waals surface area contributed by atoms with Gasteiger partial charge in [-0.3, -0.25) is 9.48 Å². The van der Waals surface area contributed by atoms with Crippen LogP contribution in [0.5, 0.6) is 0 Å². The number of nitrogens with zero attached hydrogens (tertiary/aromatic N) is 3. The van der Waals surface area contributed by atoms with Crippen LogP contribution in [0, 0.1) is 0 Å². The number of alkyl halides is 3. The molecule has 0 bridgehead atoms. The van der Waals surface area contributed by atoms with E-state index >= 15 is 0 Å². The van der Waals surface area contributed by atoms with Crippen molar-refractivity contribution in [2.75, 3.05) is 5.32 Å². The highest BCUT2D eigenvalue weighted by Gasteiger charge is 2.41. The van der Waals surface area contributed by atoms with E-state index in [0.717, 1.165) is 6.07 Å². The lowest BCUT2D eigenvalue weighted by atomic mass is 10.1. The number of ketones is 1. The zero-order chi connectivity index (χ0) is 16.5. The van der Waals surface area contributed by atoms with E-state index < -0.39 is 17.5 Å². The minimum Gasteiger partial charge on any atom is -0.376 e. The summed E-state index contributed by atoms with van der Waals surface area (Å²) in [6, 6.07) is 2.34. The Morgan fingerprint density at radius 3 is 2.68 bits per heavy atom. The summed E-state index contributed by atoms with van der Waals surface area (Å²) < 4.78 is 39.8. The summed E-state index contributed by atoms with van der Waals surface area (Å²) in [4.78, 5) is 15.4. The first-order chi connectivity index (χ1) is 10.2. The van der Waals surface area contributed by atoms with Gasteiger partial charge in [0.15, 0.2) is 5.82 Å². The number of aryl methyl sites for hydroxylation is 1. The summed E-state index contributed by atoms with van der Waals surface area (Å²) in [6.07, 6.45) is -3.54. The van der Waals surface area contributed by atoms with E-state index in [9.17, 15) is 18.0 Å². The Hall–Kier alpha value is -1.61. The normalized spacial score (nSPS) is 11.5. The van der Waals surface area contributed by atoms with E-state index in [4.69, 9.17) is 11.6 Å². The fourth-order valence-electron chi connectivity index (χ4n) is 1.70. The summed E-state index contributed by atoms with van der Waals surface area (Å²) in [5.74, 6) is -1.62. The van der Waals surface area contributed by atoms with Crippen molar-refractivity contribution in [2.24, 2.45) is 7.05 Å². The highest BCUT2D eigenvalue weighted by Crippen LogP contribution is 2.36. The lowest BCUT2D eigenvalue weighted by Gasteiger charge is -2.14. The van der Waals surface area contributed by atoms with Crippen LogP contribution in [0.25, 0.3) is 0 Å². The van der Waals surface area contributed by atoms with E-state index in [1.165, 1.54) is 17.1 Å². The zero-order valence-corrected chi connectivity index (χ0v) is 13.4. The van der Waals surface area contributed by atoms with Gasteiger partial charge in [0, 0.05) is 11.5 Å². The molecule has 1 heterocycles. The molecule has 0 aliphatic heterocycles. The minimum absolute atomic E-state index is 0.0222. The van der Waals surface area contributed by atoms with Crippen LogP contribution >= 0.6 is 27.5 Å². The third-order valence-corrected chi connectivity index (χ3v) is 3.95. The fraction of sp³-hybridized carbons (Fsp3) is 0.250. The summed E-state index contributed by atoms with van der Waals surface area (Å²) in [6.45, 7) is 0.0230. The standard InChI is InChI=1S/C12H9BrClF3N4O/c1-21-5-19-8(20-21)4-18-10-6(11(22)12(15,16)17)2-3-7(13)9(10)14/h2-3,5,18H,4H2,1H3. The molecule has 118 valence electrons. The largest absolute Gasteiger partial charge is 0.454 e. The van der Waals surface area contributed by atoms with Crippen molar-refractivity contribution in [1.82, 2.24) is 14.8 Å². The fourth-order valence-corrected chi connectivity index (χ4v) is 2.26. The molecular formula is C12H9BrClF3N4O. The van der Waals surface area contributed by atoms with E-state index in [1.807, 2.05) is 0 Å². The van der Waals surface area contributed by atoms with Crippen molar-refractivity contribution in [2.45, 2.75) is 12.7 Å². The van der Waals surface area contributed by atoms with Crippen molar-refractivity contribution in [3.8, 4) is 0 Å². The molecule has 10 heteroatoms. The van der Waals surface area contributed by atoms with Crippen molar-refractivity contribution in [3.63, 3.8) is 0 Å². The monoisotopic (exact) mass is 396 g/mol. The Balaban J connectivity index is 2.35. The first-order valence-corrected chi connectivity index (χ1v) is 7.05. The van der Waals surface area contributed by atoms with E-state index in [2.05, 4.69) is 31.3 Å². The van der Waals surface area contributed by atoms with Crippen molar-refractivity contribution >= 4 is 39.0 Å². The van der Waals surface area contributed by atoms with Gasteiger partial charge in [-0.2, -0.15) is 18.3 Å². The number of nitrogens with one attached hydrogen (secondary N) is 1. The van der Waals surface area contributed by atoms with Gasteiger partial charge >= 0.3 is 6.18 Å². The van der Waals surface area contributed by atoms with E-state index in [1.54, 1.807) is 7.05 Å². The maximum absolute atomic E-state index is 12.7. The second kappa shape index (κ2) is 6.25. The topological polar surface area (TPSA) is 59.8 Å². The quantitative estimate of drug-likeness (QED) is 0.801. The van der Waals surface area contributed by atoms with Gasteiger partial charge in [-0.25, -0.2) is 4.98 Å². The molecule has 0 radical (unpaired) electrons. The number of Topliss-reactive ketones (excluding diaryl/α,β-unsaturated/α-hetero) is 1. The number of carbonyl (C=O) groups is 1. The molecule has 0 spiro atoms. The van der Waals surface area contributed by atoms with Crippen LogP contribution in [0.4, 0.5) is 18.9 Å². The van der Waals surface area contributed by atoms with Gasteiger partial charge in [-0.05, 0) is 28.1 Å². The van der Waals surface area contributed by atoms with Crippen molar-refractivity contribution in [3.05, 3.63) is 39.3 Å². The smallest absolute Gasteiger partial charge is 0.376 e. The molecule has 1 aromatic carbocycles. The number of benzene rings is 1. The van der Waals surface area contributed by atoms with Crippen molar-refractivity contribution in [1.29, 1.82) is 0 Å². The lowest BCUT2D eigenvalue weighted by Crippen LogP contribution is -2.24. The highest BCUT2D eigenvalue weighted by molar-refractivity contribution is 9.10. The Labute approximate surface area is 136 Å². The molecule has 0 atom stereocenters. The minimum atomic E-state index is -4.99. The van der Waals surface area contributed by atoms with Gasteiger partial charge in [0.05, 0.1) is 22.8 Å². The summed E-state index contributed by atoms with van der Waals surface area (Å²) in [5.41, 5.74) is -0.678. The van der Waals surface area contributed by atoms with Gasteiger partial charge in [-0.15, -0.1) is 0 Å². The summed E-state index contributed by atoms with van der Waals surface area (Å²) >= 11 is 9.10. The maximum Gasteiger partial charge on any atom is 0.454 e. The molecular weight excluding hydrogens is 389 g/mol. The van der Waals surface area contributed by atoms with Gasteiger partial charge in [0.2, 0.25) is 0 Å². The van der Waals surface area contributed by atoms with E-state index in [0.29, 0.717) is 10.3 Å². The molecule has 0 saturated heterocycles. The number of carbonyl (C=O) groups excluding carboxylic acids is 1. The van der Waals surface area contributed by atoms with Crippen LogP contribution in [0.3, 0.4) is 0 Å². The van der Waals surface area contributed by atoms with Gasteiger partial charge in [-0.1, -0.05) is 11.6 Å². The average Bonchev–Trinajstić information content (AvgIpc) is 2.84. The zero-order valence-electron chi connectivity index (χ0n) is 11.1. The van der Waals surface area contributed by atoms with Crippen LogP contribution in [0.2, 0.25) is 5.02 Å². The summed E-state index contributed by atoms with van der Waals surface area (Å²) in [5, 5.41) is 6.64. The van der Waals surface area contributed by atoms with Gasteiger partial charge in [0.25, 0.3) is 5.78 Å².